The number of hydrogen-bond acceptors (Lipinski definition) is 6. The van der Waals surface area contributed by atoms with Gasteiger partial charge in [-0.25, -0.2) is 9.97 Å². The molecule has 4 rings (SSSR count). The quantitative estimate of drug-likeness (QED) is 0.761. The molecular formula is C23H30FN5O2. The third-order valence-electron chi connectivity index (χ3n) is 6.12. The van der Waals surface area contributed by atoms with Crippen LogP contribution in [0.15, 0.2) is 30.6 Å². The van der Waals surface area contributed by atoms with Crippen LogP contribution in [0.1, 0.15) is 51.6 Å². The first-order valence-corrected chi connectivity index (χ1v) is 11.0. The van der Waals surface area contributed by atoms with Gasteiger partial charge >= 0.3 is 0 Å². The van der Waals surface area contributed by atoms with Crippen molar-refractivity contribution in [2.75, 3.05) is 29.4 Å². The van der Waals surface area contributed by atoms with Gasteiger partial charge in [0, 0.05) is 32.5 Å². The predicted octanol–water partition coefficient (Wildman–Crippen LogP) is 3.46. The molecule has 0 radical (unpaired) electrons. The first-order valence-electron chi connectivity index (χ1n) is 11.0. The summed E-state index contributed by atoms with van der Waals surface area (Å²) in [4.78, 5) is 23.7. The minimum Gasteiger partial charge on any atom is -0.489 e. The number of aromatic nitrogens is 2. The lowest BCUT2D eigenvalue weighted by Crippen LogP contribution is -2.30. The fourth-order valence-corrected chi connectivity index (χ4v) is 4.45. The number of rotatable bonds is 6. The lowest BCUT2D eigenvalue weighted by atomic mass is 10.1. The highest BCUT2D eigenvalue weighted by Crippen LogP contribution is 2.31. The van der Waals surface area contributed by atoms with Gasteiger partial charge in [0.25, 0.3) is 0 Å². The normalized spacial score (nSPS) is 21.9. The van der Waals surface area contributed by atoms with E-state index in [0.29, 0.717) is 30.8 Å². The molecule has 0 spiro atoms. The Labute approximate surface area is 182 Å². The summed E-state index contributed by atoms with van der Waals surface area (Å²) in [5.41, 5.74) is 1.02. The molecule has 0 bridgehead atoms. The number of halogens is 1. The topological polar surface area (TPSA) is 70.6 Å². The summed E-state index contributed by atoms with van der Waals surface area (Å²) >= 11 is 0. The summed E-state index contributed by atoms with van der Waals surface area (Å²) in [6.45, 7) is 7.65. The molecule has 0 aliphatic carbocycles. The van der Waals surface area contributed by atoms with Gasteiger partial charge < -0.3 is 19.9 Å². The number of carbonyl (C=O) groups is 1. The van der Waals surface area contributed by atoms with Crippen molar-refractivity contribution in [3.63, 3.8) is 0 Å². The molecule has 8 heteroatoms. The monoisotopic (exact) mass is 427 g/mol. The van der Waals surface area contributed by atoms with Crippen LogP contribution < -0.4 is 19.9 Å². The van der Waals surface area contributed by atoms with Crippen LogP contribution in [-0.2, 0) is 4.79 Å². The van der Waals surface area contributed by atoms with Crippen LogP contribution in [0.2, 0.25) is 0 Å². The summed E-state index contributed by atoms with van der Waals surface area (Å²) in [7, 11) is 0. The molecule has 1 N–H and O–H groups in total. The lowest BCUT2D eigenvalue weighted by molar-refractivity contribution is -0.119. The molecule has 3 heterocycles. The minimum absolute atomic E-state index is 0.0397. The number of nitrogens with zero attached hydrogens (tertiary/aromatic N) is 4. The van der Waals surface area contributed by atoms with Crippen LogP contribution in [0.25, 0.3) is 0 Å². The Morgan fingerprint density at radius 3 is 2.61 bits per heavy atom. The average Bonchev–Trinajstić information content (AvgIpc) is 3.37. The first-order chi connectivity index (χ1) is 14.9. The van der Waals surface area contributed by atoms with Crippen molar-refractivity contribution in [3.8, 4) is 5.75 Å². The van der Waals surface area contributed by atoms with Gasteiger partial charge in [-0.1, -0.05) is 12.1 Å². The molecule has 3 atom stereocenters. The van der Waals surface area contributed by atoms with Crippen LogP contribution in [-0.4, -0.2) is 47.7 Å². The maximum absolute atomic E-state index is 15.2. The highest BCUT2D eigenvalue weighted by molar-refractivity contribution is 5.73. The van der Waals surface area contributed by atoms with Crippen molar-refractivity contribution in [2.24, 2.45) is 0 Å². The van der Waals surface area contributed by atoms with E-state index in [1.165, 1.54) is 13.3 Å². The van der Waals surface area contributed by atoms with Crippen molar-refractivity contribution in [3.05, 3.63) is 42.0 Å². The Hall–Kier alpha value is -2.90. The molecule has 7 nitrogen and oxygen atoms in total. The van der Waals surface area contributed by atoms with Crippen LogP contribution in [0.4, 0.5) is 16.0 Å². The highest BCUT2D eigenvalue weighted by Gasteiger charge is 2.31. The van der Waals surface area contributed by atoms with Gasteiger partial charge in [0.15, 0.2) is 11.6 Å². The van der Waals surface area contributed by atoms with E-state index >= 15 is 4.39 Å². The van der Waals surface area contributed by atoms with Gasteiger partial charge in [-0.2, -0.15) is 4.39 Å². The SMILES string of the molecule is CC(=O)N[C@@H](C)c1ccc(O[C@@H]2CCN(c3ncnc(N4CCCC4C)c3F)C2)cc1. The predicted molar refractivity (Wildman–Crippen MR) is 118 cm³/mol. The van der Waals surface area contributed by atoms with Gasteiger partial charge in [-0.3, -0.25) is 4.79 Å². The maximum atomic E-state index is 15.2. The second-order valence-corrected chi connectivity index (χ2v) is 8.49. The van der Waals surface area contributed by atoms with E-state index < -0.39 is 0 Å². The second-order valence-electron chi connectivity index (χ2n) is 8.49. The molecule has 2 fully saturated rings. The van der Waals surface area contributed by atoms with Gasteiger partial charge in [-0.15, -0.1) is 0 Å². The molecule has 1 unspecified atom stereocenters. The van der Waals surface area contributed by atoms with E-state index in [1.54, 1.807) is 0 Å². The van der Waals surface area contributed by atoms with Crippen molar-refractivity contribution < 1.29 is 13.9 Å². The van der Waals surface area contributed by atoms with Crippen molar-refractivity contribution >= 4 is 17.5 Å². The Morgan fingerprint density at radius 1 is 1.19 bits per heavy atom. The first kappa shape index (κ1) is 21.3. The summed E-state index contributed by atoms with van der Waals surface area (Å²) in [5, 5.41) is 2.87. The number of carbonyl (C=O) groups excluding carboxylic acids is 1. The Kier molecular flexibility index (Phi) is 6.25. The van der Waals surface area contributed by atoms with E-state index in [1.807, 2.05) is 41.0 Å². The number of benzene rings is 1. The van der Waals surface area contributed by atoms with Crippen molar-refractivity contribution in [2.45, 2.75) is 58.2 Å². The van der Waals surface area contributed by atoms with E-state index in [-0.39, 0.29) is 23.9 Å². The zero-order valence-electron chi connectivity index (χ0n) is 18.3. The summed E-state index contributed by atoms with van der Waals surface area (Å²) < 4.78 is 21.4. The largest absolute Gasteiger partial charge is 0.489 e. The number of ether oxygens (including phenoxy) is 1. The van der Waals surface area contributed by atoms with E-state index in [9.17, 15) is 4.79 Å². The number of anilines is 2. The number of amides is 1. The molecule has 31 heavy (non-hydrogen) atoms. The van der Waals surface area contributed by atoms with Crippen LogP contribution in [0, 0.1) is 5.82 Å². The zero-order valence-corrected chi connectivity index (χ0v) is 18.3. The van der Waals surface area contributed by atoms with E-state index in [2.05, 4.69) is 22.2 Å². The Bertz CT molecular complexity index is 923. The Morgan fingerprint density at radius 2 is 1.94 bits per heavy atom. The average molecular weight is 428 g/mol. The smallest absolute Gasteiger partial charge is 0.217 e. The molecule has 2 saturated heterocycles. The summed E-state index contributed by atoms with van der Waals surface area (Å²) in [6, 6.07) is 7.97. The summed E-state index contributed by atoms with van der Waals surface area (Å²) in [5.74, 6) is 1.13. The van der Waals surface area contributed by atoms with Crippen LogP contribution in [0.5, 0.6) is 5.75 Å². The van der Waals surface area contributed by atoms with E-state index in [4.69, 9.17) is 4.74 Å². The molecule has 166 valence electrons. The third kappa shape index (κ3) is 4.73. The Balaban J connectivity index is 1.39. The van der Waals surface area contributed by atoms with Crippen molar-refractivity contribution in [1.29, 1.82) is 0 Å². The van der Waals surface area contributed by atoms with E-state index in [0.717, 1.165) is 37.1 Å². The molecule has 1 aromatic heterocycles. The number of hydrogen-bond donors (Lipinski definition) is 1. The minimum atomic E-state index is -0.340. The molecular weight excluding hydrogens is 397 g/mol. The molecule has 2 aliphatic rings. The van der Waals surface area contributed by atoms with Gasteiger partial charge in [0.2, 0.25) is 11.7 Å². The second kappa shape index (κ2) is 9.08. The molecule has 1 aromatic carbocycles. The van der Waals surface area contributed by atoms with Crippen molar-refractivity contribution in [1.82, 2.24) is 15.3 Å². The number of nitrogens with one attached hydrogen (secondary N) is 1. The fraction of sp³-hybridized carbons (Fsp3) is 0.522. The zero-order chi connectivity index (χ0) is 22.0. The lowest BCUT2D eigenvalue weighted by Gasteiger charge is -2.25. The molecule has 2 aromatic rings. The highest BCUT2D eigenvalue weighted by atomic mass is 19.1. The molecule has 2 aliphatic heterocycles. The molecule has 0 saturated carbocycles. The molecule has 1 amide bonds. The fourth-order valence-electron chi connectivity index (χ4n) is 4.45. The van der Waals surface area contributed by atoms with Gasteiger partial charge in [0.1, 0.15) is 18.2 Å². The maximum Gasteiger partial charge on any atom is 0.217 e. The van der Waals surface area contributed by atoms with Crippen LogP contribution in [0.3, 0.4) is 0 Å². The van der Waals surface area contributed by atoms with Crippen LogP contribution >= 0.6 is 0 Å². The van der Waals surface area contributed by atoms with Gasteiger partial charge in [0.05, 0.1) is 12.6 Å². The third-order valence-corrected chi connectivity index (χ3v) is 6.12. The standard InChI is InChI=1S/C23H30FN5O2/c1-15-5-4-11-29(15)23-21(24)22(25-14-26-23)28-12-10-20(13-28)31-19-8-6-18(7-9-19)16(2)27-17(3)30/h6-9,14-16,20H,4-5,10-13H2,1-3H3,(H,27,30)/t15?,16-,20+/m0/s1. The van der Waals surface area contributed by atoms with Gasteiger partial charge in [-0.05, 0) is 44.4 Å². The summed E-state index contributed by atoms with van der Waals surface area (Å²) in [6.07, 6.45) is 4.33.